The minimum atomic E-state index is -1.11. The van der Waals surface area contributed by atoms with Gasteiger partial charge in [0, 0.05) is 22.9 Å². The fraction of sp³-hybridized carbons (Fsp3) is 0.263. The van der Waals surface area contributed by atoms with Crippen molar-refractivity contribution in [1.29, 1.82) is 0 Å². The van der Waals surface area contributed by atoms with Gasteiger partial charge in [-0.2, -0.15) is 0 Å². The predicted molar refractivity (Wildman–Crippen MR) is 93.6 cm³/mol. The Balaban J connectivity index is 2.34. The van der Waals surface area contributed by atoms with Crippen molar-refractivity contribution in [2.45, 2.75) is 26.4 Å². The van der Waals surface area contributed by atoms with Crippen LogP contribution in [0.1, 0.15) is 28.1 Å². The van der Waals surface area contributed by atoms with Gasteiger partial charge in [-0.3, -0.25) is 4.98 Å². The van der Waals surface area contributed by atoms with Gasteiger partial charge in [-0.1, -0.05) is 12.1 Å². The van der Waals surface area contributed by atoms with E-state index in [0.29, 0.717) is 29.8 Å². The SMILES string of the molecule is COc1ccc(CCc2nc(C)c(O)c(CO)c2/C=C/C(=O)O)cc1. The van der Waals surface area contributed by atoms with Gasteiger partial charge in [0.25, 0.3) is 0 Å². The Morgan fingerprint density at radius 3 is 2.48 bits per heavy atom. The number of hydrogen-bond acceptors (Lipinski definition) is 5. The predicted octanol–water partition coefficient (Wildman–Crippen LogP) is 2.48. The third kappa shape index (κ3) is 4.58. The number of aliphatic hydroxyl groups is 1. The fourth-order valence-electron chi connectivity index (χ4n) is 2.59. The number of rotatable bonds is 7. The molecule has 1 aromatic heterocycles. The number of nitrogens with zero attached hydrogens (tertiary/aromatic N) is 1. The van der Waals surface area contributed by atoms with Crippen LogP contribution in [0, 0.1) is 6.92 Å². The highest BCUT2D eigenvalue weighted by Crippen LogP contribution is 2.28. The van der Waals surface area contributed by atoms with Crippen LogP contribution < -0.4 is 4.74 Å². The zero-order valence-electron chi connectivity index (χ0n) is 14.2. The van der Waals surface area contributed by atoms with Crippen molar-refractivity contribution in [3.8, 4) is 11.5 Å². The molecule has 0 aliphatic carbocycles. The lowest BCUT2D eigenvalue weighted by Gasteiger charge is -2.14. The molecule has 132 valence electrons. The van der Waals surface area contributed by atoms with Crippen molar-refractivity contribution in [2.24, 2.45) is 0 Å². The number of ether oxygens (including phenoxy) is 1. The standard InChI is InChI=1S/C19H21NO5/c1-12-19(24)16(11-21)15(8-10-18(22)23)17(20-12)9-5-13-3-6-14(25-2)7-4-13/h3-4,6-8,10,21,24H,5,9,11H2,1-2H3,(H,22,23)/b10-8+. The number of methoxy groups -OCH3 is 1. The number of hydrogen-bond donors (Lipinski definition) is 3. The van der Waals surface area contributed by atoms with E-state index in [4.69, 9.17) is 9.84 Å². The molecule has 0 aliphatic heterocycles. The van der Waals surface area contributed by atoms with E-state index in [0.717, 1.165) is 17.4 Å². The van der Waals surface area contributed by atoms with Crippen LogP contribution in [0.15, 0.2) is 30.3 Å². The Labute approximate surface area is 146 Å². The normalized spacial score (nSPS) is 11.0. The van der Waals surface area contributed by atoms with Gasteiger partial charge in [0.2, 0.25) is 0 Å². The van der Waals surface area contributed by atoms with Crippen molar-refractivity contribution in [2.75, 3.05) is 7.11 Å². The summed E-state index contributed by atoms with van der Waals surface area (Å²) in [5.41, 5.74) is 2.84. The fourth-order valence-corrected chi connectivity index (χ4v) is 2.59. The van der Waals surface area contributed by atoms with Crippen LogP contribution in [-0.4, -0.2) is 33.4 Å². The molecule has 0 aliphatic rings. The highest BCUT2D eigenvalue weighted by Gasteiger charge is 2.15. The van der Waals surface area contributed by atoms with Crippen molar-refractivity contribution in [3.05, 3.63) is 58.4 Å². The Morgan fingerprint density at radius 2 is 1.92 bits per heavy atom. The minimum absolute atomic E-state index is 0.110. The third-order valence-electron chi connectivity index (χ3n) is 3.93. The number of carbonyl (C=O) groups is 1. The molecular formula is C19H21NO5. The zero-order valence-corrected chi connectivity index (χ0v) is 14.2. The van der Waals surface area contributed by atoms with Gasteiger partial charge in [-0.15, -0.1) is 0 Å². The summed E-state index contributed by atoms with van der Waals surface area (Å²) in [7, 11) is 1.61. The molecule has 25 heavy (non-hydrogen) atoms. The summed E-state index contributed by atoms with van der Waals surface area (Å²) >= 11 is 0. The molecule has 2 rings (SSSR count). The van der Waals surface area contributed by atoms with Gasteiger partial charge in [-0.25, -0.2) is 4.79 Å². The molecule has 2 aromatic rings. The molecule has 0 spiro atoms. The van der Waals surface area contributed by atoms with Gasteiger partial charge in [-0.05, 0) is 43.5 Å². The van der Waals surface area contributed by atoms with Crippen molar-refractivity contribution in [3.63, 3.8) is 0 Å². The highest BCUT2D eigenvalue weighted by molar-refractivity contribution is 5.86. The Bertz CT molecular complexity index is 781. The van der Waals surface area contributed by atoms with Crippen molar-refractivity contribution < 1.29 is 24.9 Å². The molecule has 1 aromatic carbocycles. The molecule has 3 N–H and O–H groups in total. The molecule has 0 unspecified atom stereocenters. The van der Waals surface area contributed by atoms with E-state index >= 15 is 0 Å². The van der Waals surface area contributed by atoms with E-state index in [1.165, 1.54) is 6.08 Å². The maximum Gasteiger partial charge on any atom is 0.328 e. The monoisotopic (exact) mass is 343 g/mol. The number of aryl methyl sites for hydroxylation is 3. The largest absolute Gasteiger partial charge is 0.506 e. The summed E-state index contributed by atoms with van der Waals surface area (Å²) in [6.45, 7) is 1.25. The van der Waals surface area contributed by atoms with E-state index in [-0.39, 0.29) is 11.3 Å². The minimum Gasteiger partial charge on any atom is -0.506 e. The molecule has 0 amide bonds. The van der Waals surface area contributed by atoms with Gasteiger partial charge >= 0.3 is 5.97 Å². The topological polar surface area (TPSA) is 99.9 Å². The number of aliphatic hydroxyl groups excluding tert-OH is 1. The first-order chi connectivity index (χ1) is 12.0. The lowest BCUT2D eigenvalue weighted by atomic mass is 9.99. The average molecular weight is 343 g/mol. The van der Waals surface area contributed by atoms with Crippen LogP contribution in [-0.2, 0) is 24.2 Å². The van der Waals surface area contributed by atoms with Crippen molar-refractivity contribution in [1.82, 2.24) is 4.98 Å². The number of benzene rings is 1. The second-order valence-electron chi connectivity index (χ2n) is 5.56. The van der Waals surface area contributed by atoms with Crippen LogP contribution in [0.2, 0.25) is 0 Å². The first kappa shape index (κ1) is 18.5. The highest BCUT2D eigenvalue weighted by atomic mass is 16.5. The molecule has 0 saturated carbocycles. The number of aromatic hydroxyl groups is 1. The van der Waals surface area contributed by atoms with Gasteiger partial charge < -0.3 is 20.1 Å². The van der Waals surface area contributed by atoms with Gasteiger partial charge in [0.05, 0.1) is 19.4 Å². The molecule has 0 bridgehead atoms. The third-order valence-corrected chi connectivity index (χ3v) is 3.93. The Hall–Kier alpha value is -2.86. The van der Waals surface area contributed by atoms with E-state index in [2.05, 4.69) is 4.98 Å². The number of carboxylic acids is 1. The van der Waals surface area contributed by atoms with Gasteiger partial charge in [0.15, 0.2) is 0 Å². The first-order valence-electron chi connectivity index (χ1n) is 7.82. The number of aliphatic carboxylic acids is 1. The average Bonchev–Trinajstić information content (AvgIpc) is 2.61. The van der Waals surface area contributed by atoms with Crippen LogP contribution >= 0.6 is 0 Å². The summed E-state index contributed by atoms with van der Waals surface area (Å²) in [5, 5.41) is 28.5. The molecule has 0 fully saturated rings. The first-order valence-corrected chi connectivity index (χ1v) is 7.82. The second kappa shape index (κ2) is 8.30. The molecule has 6 heteroatoms. The smallest absolute Gasteiger partial charge is 0.328 e. The molecule has 1 heterocycles. The summed E-state index contributed by atoms with van der Waals surface area (Å²) in [5.74, 6) is -0.444. The lowest BCUT2D eigenvalue weighted by molar-refractivity contribution is -0.131. The second-order valence-corrected chi connectivity index (χ2v) is 5.56. The molecular weight excluding hydrogens is 322 g/mol. The Kier molecular flexibility index (Phi) is 6.14. The molecule has 6 nitrogen and oxygen atoms in total. The maximum atomic E-state index is 10.8. The number of pyridine rings is 1. The van der Waals surface area contributed by atoms with Crippen LogP contribution in [0.25, 0.3) is 6.08 Å². The number of aromatic nitrogens is 1. The van der Waals surface area contributed by atoms with Crippen LogP contribution in [0.3, 0.4) is 0 Å². The van der Waals surface area contributed by atoms with Crippen molar-refractivity contribution >= 4 is 12.0 Å². The summed E-state index contributed by atoms with van der Waals surface area (Å²) in [4.78, 5) is 15.2. The molecule has 0 atom stereocenters. The summed E-state index contributed by atoms with van der Waals surface area (Å²) in [6, 6.07) is 7.64. The van der Waals surface area contributed by atoms with Crippen LogP contribution in [0.5, 0.6) is 11.5 Å². The zero-order chi connectivity index (χ0) is 18.4. The summed E-state index contributed by atoms with van der Waals surface area (Å²) < 4.78 is 5.13. The quantitative estimate of drug-likeness (QED) is 0.668. The van der Waals surface area contributed by atoms with E-state index in [9.17, 15) is 15.0 Å². The summed E-state index contributed by atoms with van der Waals surface area (Å²) in [6.07, 6.45) is 3.56. The molecule has 0 saturated heterocycles. The van der Waals surface area contributed by atoms with E-state index in [1.54, 1.807) is 14.0 Å². The van der Waals surface area contributed by atoms with E-state index < -0.39 is 12.6 Å². The van der Waals surface area contributed by atoms with E-state index in [1.807, 2.05) is 24.3 Å². The lowest BCUT2D eigenvalue weighted by Crippen LogP contribution is -2.05. The molecule has 0 radical (unpaired) electrons. The number of carboxylic acid groups (broad SMARTS) is 1. The Morgan fingerprint density at radius 1 is 1.24 bits per heavy atom. The maximum absolute atomic E-state index is 10.8. The van der Waals surface area contributed by atoms with Gasteiger partial charge in [0.1, 0.15) is 11.5 Å². The van der Waals surface area contributed by atoms with Crippen LogP contribution in [0.4, 0.5) is 0 Å².